The quantitative estimate of drug-likeness (QED) is 0.628. The van der Waals surface area contributed by atoms with Gasteiger partial charge in [0, 0.05) is 17.7 Å². The third-order valence-electron chi connectivity index (χ3n) is 6.77. The molecule has 3 N–H and O–H groups in total. The topological polar surface area (TPSA) is 95.5 Å². The molecule has 0 aromatic heterocycles. The fraction of sp³-hybridized carbons (Fsp3) is 0.423. The van der Waals surface area contributed by atoms with Crippen LogP contribution in [0.1, 0.15) is 73.7 Å². The summed E-state index contributed by atoms with van der Waals surface area (Å²) >= 11 is 0. The first-order chi connectivity index (χ1) is 15.3. The molecule has 6 nitrogen and oxygen atoms in total. The Morgan fingerprint density at radius 2 is 1.69 bits per heavy atom. The molecule has 2 aliphatic rings. The van der Waals surface area contributed by atoms with Crippen LogP contribution in [0.2, 0.25) is 0 Å². The van der Waals surface area contributed by atoms with Crippen molar-refractivity contribution in [2.75, 3.05) is 5.32 Å². The number of benzene rings is 2. The molecule has 0 radical (unpaired) electrons. The smallest absolute Gasteiger partial charge is 0.307 e. The lowest BCUT2D eigenvalue weighted by Crippen LogP contribution is -2.38. The van der Waals surface area contributed by atoms with Gasteiger partial charge >= 0.3 is 5.97 Å². The average molecular weight is 435 g/mol. The zero-order chi connectivity index (χ0) is 22.8. The van der Waals surface area contributed by atoms with Crippen molar-refractivity contribution in [1.29, 1.82) is 0 Å². The van der Waals surface area contributed by atoms with Gasteiger partial charge in [0.25, 0.3) is 0 Å². The number of amides is 2. The molecule has 6 heteroatoms. The number of carboxylic acids is 1. The Labute approximate surface area is 188 Å². The van der Waals surface area contributed by atoms with Gasteiger partial charge in [0.2, 0.25) is 11.8 Å². The molecule has 2 aromatic rings. The lowest BCUT2D eigenvalue weighted by Gasteiger charge is -2.28. The van der Waals surface area contributed by atoms with Crippen LogP contribution >= 0.6 is 0 Å². The number of rotatable bonds is 6. The number of hydrogen-bond donors (Lipinski definition) is 3. The second-order valence-corrected chi connectivity index (χ2v) is 9.17. The van der Waals surface area contributed by atoms with Crippen molar-refractivity contribution in [2.24, 2.45) is 11.8 Å². The fourth-order valence-electron chi connectivity index (χ4n) is 4.90. The van der Waals surface area contributed by atoms with Crippen molar-refractivity contribution in [1.82, 2.24) is 5.32 Å². The molecule has 0 unspecified atom stereocenters. The predicted octanol–water partition coefficient (Wildman–Crippen LogP) is 4.40. The summed E-state index contributed by atoms with van der Waals surface area (Å²) in [6.07, 6.45) is 2.94. The molecule has 2 amide bonds. The number of carbonyl (C=O) groups excluding carboxylic acids is 2. The third-order valence-corrected chi connectivity index (χ3v) is 6.77. The van der Waals surface area contributed by atoms with E-state index in [9.17, 15) is 19.5 Å². The van der Waals surface area contributed by atoms with Crippen LogP contribution in [0, 0.1) is 11.8 Å². The number of hydrogen-bond acceptors (Lipinski definition) is 3. The van der Waals surface area contributed by atoms with Gasteiger partial charge in [-0.15, -0.1) is 0 Å². The normalized spacial score (nSPS) is 21.0. The molecule has 0 saturated heterocycles. The van der Waals surface area contributed by atoms with E-state index in [1.165, 1.54) is 5.56 Å². The zero-order valence-corrected chi connectivity index (χ0v) is 18.6. The van der Waals surface area contributed by atoms with E-state index in [0.29, 0.717) is 31.6 Å². The van der Waals surface area contributed by atoms with Crippen molar-refractivity contribution >= 4 is 23.5 Å². The zero-order valence-electron chi connectivity index (χ0n) is 18.6. The van der Waals surface area contributed by atoms with Gasteiger partial charge in [0.15, 0.2) is 0 Å². The molecule has 32 heavy (non-hydrogen) atoms. The first-order valence-corrected chi connectivity index (χ1v) is 11.4. The number of fused-ring (bicyclic) bond motifs is 1. The van der Waals surface area contributed by atoms with Gasteiger partial charge in [-0.2, -0.15) is 0 Å². The average Bonchev–Trinajstić information content (AvgIpc) is 3.28. The number of para-hydroxylation sites is 1. The summed E-state index contributed by atoms with van der Waals surface area (Å²) in [5, 5.41) is 15.7. The molecule has 1 aliphatic heterocycles. The van der Waals surface area contributed by atoms with E-state index in [4.69, 9.17) is 0 Å². The second-order valence-electron chi connectivity index (χ2n) is 9.17. The summed E-state index contributed by atoms with van der Waals surface area (Å²) in [6.45, 7) is 4.26. The highest BCUT2D eigenvalue weighted by Crippen LogP contribution is 2.37. The Morgan fingerprint density at radius 3 is 2.38 bits per heavy atom. The molecule has 2 aromatic carbocycles. The summed E-state index contributed by atoms with van der Waals surface area (Å²) in [5.41, 5.74) is 4.73. The van der Waals surface area contributed by atoms with Crippen LogP contribution in [0.25, 0.3) is 0 Å². The van der Waals surface area contributed by atoms with Crippen LogP contribution in [-0.4, -0.2) is 22.9 Å². The number of carbonyl (C=O) groups is 3. The molecule has 0 spiro atoms. The highest BCUT2D eigenvalue weighted by Gasteiger charge is 2.39. The molecule has 0 bridgehead atoms. The van der Waals surface area contributed by atoms with Crippen molar-refractivity contribution in [2.45, 2.75) is 57.9 Å². The summed E-state index contributed by atoms with van der Waals surface area (Å²) in [6, 6.07) is 13.5. The molecule has 1 aliphatic carbocycles. The minimum atomic E-state index is -0.912. The lowest BCUT2D eigenvalue weighted by atomic mass is 9.89. The van der Waals surface area contributed by atoms with E-state index in [-0.39, 0.29) is 11.8 Å². The van der Waals surface area contributed by atoms with E-state index in [2.05, 4.69) is 36.6 Å². The summed E-state index contributed by atoms with van der Waals surface area (Å²) < 4.78 is 0. The second kappa shape index (κ2) is 9.15. The number of carboxylic acid groups (broad SMARTS) is 1. The molecule has 4 rings (SSSR count). The van der Waals surface area contributed by atoms with E-state index < -0.39 is 23.8 Å². The van der Waals surface area contributed by atoms with Crippen molar-refractivity contribution in [3.05, 3.63) is 64.7 Å². The third kappa shape index (κ3) is 4.40. The van der Waals surface area contributed by atoms with E-state index in [1.807, 2.05) is 30.3 Å². The van der Waals surface area contributed by atoms with Crippen LogP contribution < -0.4 is 10.6 Å². The molecule has 1 fully saturated rings. The maximum atomic E-state index is 13.3. The van der Waals surface area contributed by atoms with Crippen LogP contribution in [-0.2, 0) is 20.8 Å². The molecule has 168 valence electrons. The van der Waals surface area contributed by atoms with Crippen LogP contribution in [0.3, 0.4) is 0 Å². The Bertz CT molecular complexity index is 1030. The van der Waals surface area contributed by atoms with Gasteiger partial charge < -0.3 is 15.7 Å². The van der Waals surface area contributed by atoms with Crippen molar-refractivity contribution in [3.63, 3.8) is 0 Å². The Morgan fingerprint density at radius 1 is 1.00 bits per heavy atom. The monoisotopic (exact) mass is 434 g/mol. The maximum Gasteiger partial charge on any atom is 0.307 e. The number of aryl methyl sites for hydroxylation is 1. The van der Waals surface area contributed by atoms with E-state index in [1.54, 1.807) is 0 Å². The SMILES string of the molecule is CC(C)c1ccc([C@@H](NC(=O)[C@@H]2CCC[C@@H]2C(=O)O)c2cccc3c2NC(=O)CC3)cc1. The highest BCUT2D eigenvalue weighted by atomic mass is 16.4. The molecule has 3 atom stereocenters. The minimum Gasteiger partial charge on any atom is -0.481 e. The Hall–Kier alpha value is -3.15. The molecule has 1 heterocycles. The van der Waals surface area contributed by atoms with Gasteiger partial charge in [0.1, 0.15) is 0 Å². The summed E-state index contributed by atoms with van der Waals surface area (Å²) in [5.74, 6) is -2.00. The molecular formula is C26H30N2O4. The molecular weight excluding hydrogens is 404 g/mol. The van der Waals surface area contributed by atoms with E-state index >= 15 is 0 Å². The van der Waals surface area contributed by atoms with Crippen LogP contribution in [0.15, 0.2) is 42.5 Å². The standard InChI is InChI=1S/C26H30N2O4/c1-15(2)16-9-11-18(12-10-16)24(28-25(30)19-6-4-7-20(19)26(31)32)21-8-3-5-17-13-14-22(29)27-23(17)21/h3,5,8-12,15,19-20,24H,4,6-7,13-14H2,1-2H3,(H,27,29)(H,28,30)(H,31,32)/t19-,20+,24-/m1/s1. The number of aliphatic carboxylic acids is 1. The summed E-state index contributed by atoms with van der Waals surface area (Å²) in [4.78, 5) is 37.0. The van der Waals surface area contributed by atoms with Gasteiger partial charge in [-0.05, 0) is 41.9 Å². The van der Waals surface area contributed by atoms with Crippen molar-refractivity contribution < 1.29 is 19.5 Å². The Balaban J connectivity index is 1.72. The Kier molecular flexibility index (Phi) is 6.31. The predicted molar refractivity (Wildman–Crippen MR) is 122 cm³/mol. The van der Waals surface area contributed by atoms with Gasteiger partial charge in [-0.1, -0.05) is 62.7 Å². The largest absolute Gasteiger partial charge is 0.481 e. The van der Waals surface area contributed by atoms with Gasteiger partial charge in [-0.3, -0.25) is 14.4 Å². The minimum absolute atomic E-state index is 0.0353. The van der Waals surface area contributed by atoms with Crippen LogP contribution in [0.4, 0.5) is 5.69 Å². The summed E-state index contributed by atoms with van der Waals surface area (Å²) in [7, 11) is 0. The number of anilines is 1. The van der Waals surface area contributed by atoms with Gasteiger partial charge in [0.05, 0.1) is 17.9 Å². The first kappa shape index (κ1) is 22.1. The highest BCUT2D eigenvalue weighted by molar-refractivity contribution is 5.95. The number of nitrogens with one attached hydrogen (secondary N) is 2. The van der Waals surface area contributed by atoms with Crippen molar-refractivity contribution in [3.8, 4) is 0 Å². The lowest BCUT2D eigenvalue weighted by molar-refractivity contribution is -0.146. The first-order valence-electron chi connectivity index (χ1n) is 11.4. The maximum absolute atomic E-state index is 13.3. The van der Waals surface area contributed by atoms with E-state index in [0.717, 1.165) is 28.8 Å². The van der Waals surface area contributed by atoms with Gasteiger partial charge in [-0.25, -0.2) is 0 Å². The van der Waals surface area contributed by atoms with Crippen LogP contribution in [0.5, 0.6) is 0 Å². The fourth-order valence-corrected chi connectivity index (χ4v) is 4.90. The molecule has 1 saturated carbocycles.